The van der Waals surface area contributed by atoms with Crippen molar-refractivity contribution in [3.05, 3.63) is 96.1 Å². The second-order valence-electron chi connectivity index (χ2n) is 7.31. The van der Waals surface area contributed by atoms with Gasteiger partial charge in [0.05, 0.1) is 4.90 Å². The van der Waals surface area contributed by atoms with Gasteiger partial charge >= 0.3 is 5.97 Å². The SMILES string of the molecule is CS(=O)(=O)c1cc(Oc2ccccc2)ccc1/C=C/C(=O)NC(Cc1ccccc1)C(=O)O. The Morgan fingerprint density at radius 1 is 0.970 bits per heavy atom. The first-order valence-corrected chi connectivity index (χ1v) is 11.9. The summed E-state index contributed by atoms with van der Waals surface area (Å²) in [4.78, 5) is 23.9. The summed E-state index contributed by atoms with van der Waals surface area (Å²) in [6, 6.07) is 21.2. The Hall–Kier alpha value is -3.91. The third-order valence-electron chi connectivity index (χ3n) is 4.67. The summed E-state index contributed by atoms with van der Waals surface area (Å²) < 4.78 is 30.3. The molecule has 1 atom stereocenters. The molecule has 170 valence electrons. The number of hydrogen-bond donors (Lipinski definition) is 2. The molecule has 0 bridgehead atoms. The number of nitrogens with one attached hydrogen (secondary N) is 1. The Morgan fingerprint density at radius 2 is 1.61 bits per heavy atom. The lowest BCUT2D eigenvalue weighted by atomic mass is 10.1. The Bertz CT molecular complexity index is 1250. The van der Waals surface area contributed by atoms with Gasteiger partial charge in [-0.3, -0.25) is 4.79 Å². The number of hydrogen-bond acceptors (Lipinski definition) is 5. The molecule has 0 spiro atoms. The second-order valence-corrected chi connectivity index (χ2v) is 9.29. The number of benzene rings is 3. The Morgan fingerprint density at radius 3 is 2.21 bits per heavy atom. The minimum atomic E-state index is -3.63. The molecule has 0 heterocycles. The first kappa shape index (κ1) is 23.7. The van der Waals surface area contributed by atoms with Gasteiger partial charge in [-0.2, -0.15) is 0 Å². The second kappa shape index (κ2) is 10.6. The van der Waals surface area contributed by atoms with Crippen LogP contribution in [-0.2, 0) is 25.8 Å². The maximum absolute atomic E-state index is 12.4. The van der Waals surface area contributed by atoms with Crippen LogP contribution in [0.5, 0.6) is 11.5 Å². The monoisotopic (exact) mass is 465 g/mol. The fourth-order valence-electron chi connectivity index (χ4n) is 3.10. The van der Waals surface area contributed by atoms with Gasteiger partial charge in [0.2, 0.25) is 5.91 Å². The summed E-state index contributed by atoms with van der Waals surface area (Å²) >= 11 is 0. The summed E-state index contributed by atoms with van der Waals surface area (Å²) in [7, 11) is -3.63. The molecule has 7 nitrogen and oxygen atoms in total. The van der Waals surface area contributed by atoms with Crippen molar-refractivity contribution in [1.82, 2.24) is 5.32 Å². The van der Waals surface area contributed by atoms with Gasteiger partial charge in [0.15, 0.2) is 9.84 Å². The van der Waals surface area contributed by atoms with E-state index in [1.165, 1.54) is 18.2 Å². The topological polar surface area (TPSA) is 110 Å². The fourth-order valence-corrected chi connectivity index (χ4v) is 3.99. The standard InChI is InChI=1S/C25H23NO6S/c1-33(30,31)23-17-21(32-20-10-6-3-7-11-20)14-12-19(23)13-15-24(27)26-22(25(28)29)16-18-8-4-2-5-9-18/h2-15,17,22H,16H2,1H3,(H,26,27)(H,28,29)/b15-13+. The molecule has 1 amide bonds. The van der Waals surface area contributed by atoms with E-state index in [1.54, 1.807) is 54.6 Å². The summed E-state index contributed by atoms with van der Waals surface area (Å²) in [5.74, 6) is -0.933. The highest BCUT2D eigenvalue weighted by molar-refractivity contribution is 7.90. The lowest BCUT2D eigenvalue weighted by Crippen LogP contribution is -2.41. The molecule has 0 saturated heterocycles. The number of sulfone groups is 1. The minimum absolute atomic E-state index is 0.0148. The van der Waals surface area contributed by atoms with Crippen molar-refractivity contribution >= 4 is 27.8 Å². The molecule has 1 unspecified atom stereocenters. The molecular weight excluding hydrogens is 442 g/mol. The summed E-state index contributed by atoms with van der Waals surface area (Å²) in [6.45, 7) is 0. The van der Waals surface area contributed by atoms with Gasteiger partial charge in [-0.1, -0.05) is 48.5 Å². The van der Waals surface area contributed by atoms with E-state index < -0.39 is 27.8 Å². The molecule has 0 fully saturated rings. The number of carboxylic acid groups (broad SMARTS) is 1. The molecule has 33 heavy (non-hydrogen) atoms. The van der Waals surface area contributed by atoms with Gasteiger partial charge < -0.3 is 15.2 Å². The molecule has 0 aromatic heterocycles. The highest BCUT2D eigenvalue weighted by atomic mass is 32.2. The summed E-state index contributed by atoms with van der Waals surface area (Å²) in [5.41, 5.74) is 1.05. The number of amides is 1. The molecule has 0 aliphatic carbocycles. The van der Waals surface area contributed by atoms with E-state index in [9.17, 15) is 23.1 Å². The number of carboxylic acids is 1. The van der Waals surface area contributed by atoms with Crippen molar-refractivity contribution < 1.29 is 27.9 Å². The van der Waals surface area contributed by atoms with Crippen LogP contribution < -0.4 is 10.1 Å². The van der Waals surface area contributed by atoms with Crippen LogP contribution in [0.1, 0.15) is 11.1 Å². The van der Waals surface area contributed by atoms with Gasteiger partial charge in [0.25, 0.3) is 0 Å². The molecule has 0 aliphatic heterocycles. The highest BCUT2D eigenvalue weighted by Gasteiger charge is 2.20. The van der Waals surface area contributed by atoms with Crippen molar-refractivity contribution in [2.24, 2.45) is 0 Å². The van der Waals surface area contributed by atoms with E-state index in [4.69, 9.17) is 4.74 Å². The van der Waals surface area contributed by atoms with Crippen LogP contribution in [0.2, 0.25) is 0 Å². The van der Waals surface area contributed by atoms with E-state index in [0.29, 0.717) is 11.5 Å². The number of carbonyl (C=O) groups excluding carboxylic acids is 1. The predicted octanol–water partition coefficient (Wildman–Crippen LogP) is 3.71. The Balaban J connectivity index is 1.77. The van der Waals surface area contributed by atoms with Crippen LogP contribution in [0.3, 0.4) is 0 Å². The normalized spacial score (nSPS) is 12.3. The fraction of sp³-hybridized carbons (Fsp3) is 0.120. The predicted molar refractivity (Wildman–Crippen MR) is 125 cm³/mol. The van der Waals surface area contributed by atoms with E-state index in [-0.39, 0.29) is 16.9 Å². The van der Waals surface area contributed by atoms with Crippen molar-refractivity contribution in [2.45, 2.75) is 17.4 Å². The van der Waals surface area contributed by atoms with Crippen LogP contribution in [0.15, 0.2) is 89.8 Å². The average Bonchev–Trinajstić information content (AvgIpc) is 2.78. The summed E-state index contributed by atoms with van der Waals surface area (Å²) in [5, 5.41) is 11.9. The first-order chi connectivity index (χ1) is 15.7. The average molecular weight is 466 g/mol. The zero-order valence-corrected chi connectivity index (χ0v) is 18.7. The van der Waals surface area contributed by atoms with Crippen LogP contribution >= 0.6 is 0 Å². The zero-order chi connectivity index (χ0) is 23.8. The summed E-state index contributed by atoms with van der Waals surface area (Å²) in [6.07, 6.45) is 3.63. The molecule has 0 saturated carbocycles. The molecule has 2 N–H and O–H groups in total. The Labute approximate surface area is 192 Å². The van der Waals surface area contributed by atoms with Crippen molar-refractivity contribution in [2.75, 3.05) is 6.26 Å². The molecule has 0 radical (unpaired) electrons. The van der Waals surface area contributed by atoms with Crippen molar-refractivity contribution in [3.8, 4) is 11.5 Å². The Kier molecular flexibility index (Phi) is 7.63. The highest BCUT2D eigenvalue weighted by Crippen LogP contribution is 2.27. The van der Waals surface area contributed by atoms with E-state index in [0.717, 1.165) is 17.9 Å². The lowest BCUT2D eigenvalue weighted by Gasteiger charge is -2.13. The quantitative estimate of drug-likeness (QED) is 0.466. The van der Waals surface area contributed by atoms with E-state index in [1.807, 2.05) is 12.1 Å². The van der Waals surface area contributed by atoms with E-state index >= 15 is 0 Å². The van der Waals surface area contributed by atoms with Crippen molar-refractivity contribution in [1.29, 1.82) is 0 Å². The van der Waals surface area contributed by atoms with Gasteiger partial charge in [0, 0.05) is 18.8 Å². The molecule has 3 aromatic rings. The largest absolute Gasteiger partial charge is 0.480 e. The molecule has 0 aliphatic rings. The number of para-hydroxylation sites is 1. The van der Waals surface area contributed by atoms with E-state index in [2.05, 4.69) is 5.32 Å². The number of carbonyl (C=O) groups is 2. The number of aliphatic carboxylic acids is 1. The van der Waals surface area contributed by atoms with Gasteiger partial charge in [-0.25, -0.2) is 13.2 Å². The van der Waals surface area contributed by atoms with Gasteiger partial charge in [0.1, 0.15) is 17.5 Å². The minimum Gasteiger partial charge on any atom is -0.480 e. The van der Waals surface area contributed by atoms with Crippen LogP contribution in [-0.4, -0.2) is 37.7 Å². The van der Waals surface area contributed by atoms with Crippen LogP contribution in [0.4, 0.5) is 0 Å². The third-order valence-corrected chi connectivity index (χ3v) is 5.83. The van der Waals surface area contributed by atoms with Gasteiger partial charge in [-0.15, -0.1) is 0 Å². The zero-order valence-electron chi connectivity index (χ0n) is 17.8. The first-order valence-electron chi connectivity index (χ1n) is 10.0. The van der Waals surface area contributed by atoms with Crippen molar-refractivity contribution in [3.63, 3.8) is 0 Å². The number of ether oxygens (including phenoxy) is 1. The molecular formula is C25H23NO6S. The van der Waals surface area contributed by atoms with Crippen LogP contribution in [0.25, 0.3) is 6.08 Å². The van der Waals surface area contributed by atoms with Gasteiger partial charge in [-0.05, 0) is 47.5 Å². The van der Waals surface area contributed by atoms with Crippen LogP contribution in [0, 0.1) is 0 Å². The molecule has 3 aromatic carbocycles. The maximum atomic E-state index is 12.4. The molecule has 3 rings (SSSR count). The lowest BCUT2D eigenvalue weighted by molar-refractivity contribution is -0.141. The maximum Gasteiger partial charge on any atom is 0.326 e. The third kappa shape index (κ3) is 7.05. The smallest absolute Gasteiger partial charge is 0.326 e. The molecule has 8 heteroatoms. The number of rotatable bonds is 9.